The van der Waals surface area contributed by atoms with E-state index in [9.17, 15) is 4.79 Å². The molecule has 0 aliphatic rings. The Morgan fingerprint density at radius 3 is 2.41 bits per heavy atom. The number of nitrogens with one attached hydrogen (secondary N) is 1. The van der Waals surface area contributed by atoms with Crippen LogP contribution in [-0.2, 0) is 5.75 Å². The predicted octanol–water partition coefficient (Wildman–Crippen LogP) is 6.06. The summed E-state index contributed by atoms with van der Waals surface area (Å²) in [6, 6.07) is 21.6. The number of hydrogen-bond donors (Lipinski definition) is 1. The molecule has 0 saturated carbocycles. The highest BCUT2D eigenvalue weighted by atomic mass is 35.5. The fraction of sp³-hybridized carbons (Fsp3) is 0.208. The largest absolute Gasteiger partial charge is 0.491 e. The van der Waals surface area contributed by atoms with Gasteiger partial charge in [-0.1, -0.05) is 41.4 Å². The maximum absolute atomic E-state index is 12.3. The van der Waals surface area contributed by atoms with E-state index in [1.54, 1.807) is 11.8 Å². The van der Waals surface area contributed by atoms with Crippen LogP contribution in [0.1, 0.15) is 27.0 Å². The molecule has 0 heterocycles. The average molecular weight is 426 g/mol. The van der Waals surface area contributed by atoms with Gasteiger partial charge < -0.3 is 10.1 Å². The lowest BCUT2D eigenvalue weighted by Gasteiger charge is -2.11. The summed E-state index contributed by atoms with van der Waals surface area (Å²) in [6.45, 7) is 4.97. The molecule has 0 unspecified atom stereocenters. The summed E-state index contributed by atoms with van der Waals surface area (Å²) in [4.78, 5) is 13.5. The van der Waals surface area contributed by atoms with E-state index in [0.717, 1.165) is 22.1 Å². The predicted molar refractivity (Wildman–Crippen MR) is 121 cm³/mol. The molecule has 0 aliphatic carbocycles. The lowest BCUT2D eigenvalue weighted by Crippen LogP contribution is -2.28. The molecule has 3 aromatic rings. The van der Waals surface area contributed by atoms with Crippen LogP contribution in [0.25, 0.3) is 0 Å². The quantitative estimate of drug-likeness (QED) is 0.352. The second-order valence-corrected chi connectivity index (χ2v) is 8.30. The minimum atomic E-state index is -0.0915. The average Bonchev–Trinajstić information content (AvgIpc) is 2.72. The van der Waals surface area contributed by atoms with E-state index < -0.39 is 0 Å². The molecule has 29 heavy (non-hydrogen) atoms. The van der Waals surface area contributed by atoms with Gasteiger partial charge in [-0.2, -0.15) is 0 Å². The van der Waals surface area contributed by atoms with Crippen molar-refractivity contribution in [1.82, 2.24) is 5.32 Å². The minimum absolute atomic E-state index is 0.0915. The van der Waals surface area contributed by atoms with Crippen LogP contribution in [0.3, 0.4) is 0 Å². The Labute approximate surface area is 181 Å². The van der Waals surface area contributed by atoms with Crippen LogP contribution >= 0.6 is 23.4 Å². The number of hydrogen-bond acceptors (Lipinski definition) is 3. The third-order valence-electron chi connectivity index (χ3n) is 4.41. The monoisotopic (exact) mass is 425 g/mol. The summed E-state index contributed by atoms with van der Waals surface area (Å²) in [7, 11) is 0. The first-order valence-electron chi connectivity index (χ1n) is 9.47. The van der Waals surface area contributed by atoms with Gasteiger partial charge in [0.15, 0.2) is 0 Å². The van der Waals surface area contributed by atoms with Gasteiger partial charge in [0.05, 0.1) is 6.54 Å². The Morgan fingerprint density at radius 2 is 1.72 bits per heavy atom. The van der Waals surface area contributed by atoms with Crippen LogP contribution in [0, 0.1) is 13.8 Å². The van der Waals surface area contributed by atoms with E-state index in [-0.39, 0.29) is 5.91 Å². The lowest BCUT2D eigenvalue weighted by molar-refractivity contribution is 0.0947. The van der Waals surface area contributed by atoms with Crippen molar-refractivity contribution in [2.45, 2.75) is 24.5 Å². The van der Waals surface area contributed by atoms with Gasteiger partial charge in [-0.15, -0.1) is 11.8 Å². The summed E-state index contributed by atoms with van der Waals surface area (Å²) in [5.41, 5.74) is 4.12. The van der Waals surface area contributed by atoms with Gasteiger partial charge in [0.2, 0.25) is 0 Å². The normalized spacial score (nSPS) is 10.6. The number of rotatable bonds is 8. The Bertz CT molecular complexity index is 956. The zero-order valence-electron chi connectivity index (χ0n) is 16.6. The summed E-state index contributed by atoms with van der Waals surface area (Å²) in [5, 5.41) is 3.64. The smallest absolute Gasteiger partial charge is 0.251 e. The first-order chi connectivity index (χ1) is 14.0. The maximum atomic E-state index is 12.3. The summed E-state index contributed by atoms with van der Waals surface area (Å²) in [6.07, 6.45) is 0. The van der Waals surface area contributed by atoms with E-state index in [4.69, 9.17) is 16.3 Å². The summed E-state index contributed by atoms with van der Waals surface area (Å²) in [5.74, 6) is 1.60. The number of amides is 1. The van der Waals surface area contributed by atoms with Gasteiger partial charge in [0.1, 0.15) is 12.4 Å². The van der Waals surface area contributed by atoms with Crippen LogP contribution in [-0.4, -0.2) is 19.1 Å². The van der Waals surface area contributed by atoms with Crippen molar-refractivity contribution in [3.05, 3.63) is 94.0 Å². The molecule has 1 amide bonds. The van der Waals surface area contributed by atoms with Crippen molar-refractivity contribution >= 4 is 29.3 Å². The molecule has 3 rings (SSSR count). The molecular weight excluding hydrogens is 402 g/mol. The van der Waals surface area contributed by atoms with Crippen molar-refractivity contribution in [2.24, 2.45) is 0 Å². The van der Waals surface area contributed by atoms with E-state index in [1.807, 2.05) is 67.6 Å². The number of aryl methyl sites for hydroxylation is 2. The number of thioether (sulfide) groups is 1. The molecule has 0 bridgehead atoms. The number of ether oxygens (including phenoxy) is 1. The van der Waals surface area contributed by atoms with Gasteiger partial charge in [-0.05, 0) is 67.4 Å². The topological polar surface area (TPSA) is 38.3 Å². The van der Waals surface area contributed by atoms with Crippen LogP contribution in [0.4, 0.5) is 0 Å². The first kappa shape index (κ1) is 21.3. The molecule has 3 aromatic carbocycles. The van der Waals surface area contributed by atoms with Gasteiger partial charge >= 0.3 is 0 Å². The van der Waals surface area contributed by atoms with Crippen LogP contribution < -0.4 is 10.1 Å². The molecule has 0 aliphatic heterocycles. The Kier molecular flexibility index (Phi) is 7.62. The van der Waals surface area contributed by atoms with Gasteiger partial charge in [-0.25, -0.2) is 0 Å². The highest BCUT2D eigenvalue weighted by Crippen LogP contribution is 2.24. The second-order valence-electron chi connectivity index (χ2n) is 6.81. The number of carbonyl (C=O) groups is 1. The Hall–Kier alpha value is -2.43. The van der Waals surface area contributed by atoms with Crippen molar-refractivity contribution in [3.8, 4) is 5.75 Å². The molecule has 0 saturated heterocycles. The highest BCUT2D eigenvalue weighted by molar-refractivity contribution is 7.98. The standard InChI is InChI=1S/C24H24ClNO2S/c1-17-3-12-23(18(2)15-17)28-14-13-26-24(27)20-6-4-19(5-7-20)16-29-22-10-8-21(25)9-11-22/h3-12,15H,13-14,16H2,1-2H3,(H,26,27). The Morgan fingerprint density at radius 1 is 1.00 bits per heavy atom. The van der Waals surface area contributed by atoms with Crippen molar-refractivity contribution < 1.29 is 9.53 Å². The first-order valence-corrected chi connectivity index (χ1v) is 10.8. The zero-order valence-corrected chi connectivity index (χ0v) is 18.1. The molecule has 0 radical (unpaired) electrons. The molecule has 0 atom stereocenters. The van der Waals surface area contributed by atoms with Crippen molar-refractivity contribution in [3.63, 3.8) is 0 Å². The van der Waals surface area contributed by atoms with Gasteiger partial charge in [0.25, 0.3) is 5.91 Å². The fourth-order valence-electron chi connectivity index (χ4n) is 2.84. The summed E-state index contributed by atoms with van der Waals surface area (Å²) < 4.78 is 5.75. The van der Waals surface area contributed by atoms with Gasteiger partial charge in [-0.3, -0.25) is 4.79 Å². The van der Waals surface area contributed by atoms with Crippen LogP contribution in [0.5, 0.6) is 5.75 Å². The van der Waals surface area contributed by atoms with Crippen molar-refractivity contribution in [1.29, 1.82) is 0 Å². The van der Waals surface area contributed by atoms with Crippen molar-refractivity contribution in [2.75, 3.05) is 13.2 Å². The lowest BCUT2D eigenvalue weighted by atomic mass is 10.1. The van der Waals surface area contributed by atoms with Crippen LogP contribution in [0.2, 0.25) is 5.02 Å². The number of benzene rings is 3. The fourth-order valence-corrected chi connectivity index (χ4v) is 3.82. The third kappa shape index (κ3) is 6.55. The molecule has 0 spiro atoms. The van der Waals surface area contributed by atoms with Crippen LogP contribution in [0.15, 0.2) is 71.6 Å². The second kappa shape index (κ2) is 10.4. The molecular formula is C24H24ClNO2S. The minimum Gasteiger partial charge on any atom is -0.491 e. The molecule has 3 nitrogen and oxygen atoms in total. The van der Waals surface area contributed by atoms with E-state index >= 15 is 0 Å². The van der Waals surface area contributed by atoms with Gasteiger partial charge in [0, 0.05) is 21.2 Å². The molecule has 1 N–H and O–H groups in total. The van der Waals surface area contributed by atoms with E-state index in [0.29, 0.717) is 18.7 Å². The molecule has 0 aromatic heterocycles. The maximum Gasteiger partial charge on any atom is 0.251 e. The SMILES string of the molecule is Cc1ccc(OCCNC(=O)c2ccc(CSc3ccc(Cl)cc3)cc2)c(C)c1. The highest BCUT2D eigenvalue weighted by Gasteiger charge is 2.06. The number of carbonyl (C=O) groups excluding carboxylic acids is 1. The molecule has 150 valence electrons. The molecule has 5 heteroatoms. The molecule has 0 fully saturated rings. The van der Waals surface area contributed by atoms with E-state index in [1.165, 1.54) is 16.0 Å². The zero-order chi connectivity index (χ0) is 20.6. The Balaban J connectivity index is 1.43. The summed E-state index contributed by atoms with van der Waals surface area (Å²) >= 11 is 7.65. The number of halogens is 1. The van der Waals surface area contributed by atoms with E-state index in [2.05, 4.69) is 18.3 Å². The third-order valence-corrected chi connectivity index (χ3v) is 5.75.